The zero-order chi connectivity index (χ0) is 46.8. The Bertz CT molecular complexity index is 2430. The Hall–Kier alpha value is -6.23. The number of ether oxygens (including phenoxy) is 4. The highest BCUT2D eigenvalue weighted by molar-refractivity contribution is 5.95. The fourth-order valence-electron chi connectivity index (χ4n) is 9.34. The lowest BCUT2D eigenvalue weighted by atomic mass is 9.62. The number of aliphatic hydroxyl groups is 1. The van der Waals surface area contributed by atoms with Gasteiger partial charge in [0.1, 0.15) is 35.4 Å². The normalized spacial score (nSPS) is 24.5. The molecule has 346 valence electrons. The number of likely N-dealkylation sites (N-methyl/N-ethyl adjacent to an activating group) is 1. The molecule has 3 N–H and O–H groups in total. The minimum Gasteiger partial charge on any atom is -0.460 e. The molecule has 3 aliphatic heterocycles. The smallest absolute Gasteiger partial charge is 0.327 e. The molecule has 15 heteroatoms. The molecular formula is C51H56N4O11. The summed E-state index contributed by atoms with van der Waals surface area (Å²) >= 11 is 0. The number of hydrogen-bond donors (Lipinski definition) is 3. The Kier molecular flexibility index (Phi) is 13.3. The van der Waals surface area contributed by atoms with E-state index in [0.717, 1.165) is 11.1 Å². The molecule has 2 bridgehead atoms. The fraction of sp³-hybridized carbons (Fsp3) is 0.392. The van der Waals surface area contributed by atoms with E-state index in [9.17, 15) is 24.3 Å². The van der Waals surface area contributed by atoms with Crippen molar-refractivity contribution in [1.29, 1.82) is 0 Å². The Morgan fingerprint density at radius 3 is 2.24 bits per heavy atom. The van der Waals surface area contributed by atoms with Gasteiger partial charge in [-0.25, -0.2) is 0 Å². The van der Waals surface area contributed by atoms with Crippen molar-refractivity contribution < 1.29 is 52.9 Å². The van der Waals surface area contributed by atoms with Gasteiger partial charge in [0, 0.05) is 56.2 Å². The number of aliphatic hydroxyl groups excluding tert-OH is 1. The first-order valence-electron chi connectivity index (χ1n) is 22.2. The van der Waals surface area contributed by atoms with Crippen molar-refractivity contribution in [1.82, 2.24) is 20.6 Å². The maximum absolute atomic E-state index is 15.2. The second-order valence-electron chi connectivity index (χ2n) is 18.4. The molecule has 4 aromatic rings. The first-order chi connectivity index (χ1) is 31.6. The van der Waals surface area contributed by atoms with E-state index in [-0.39, 0.29) is 50.4 Å². The second-order valence-corrected chi connectivity index (χ2v) is 18.4. The van der Waals surface area contributed by atoms with Gasteiger partial charge in [-0.1, -0.05) is 97.1 Å². The van der Waals surface area contributed by atoms with Gasteiger partial charge in [0.05, 0.1) is 19.2 Å². The van der Waals surface area contributed by atoms with E-state index in [2.05, 4.69) is 10.6 Å². The summed E-state index contributed by atoms with van der Waals surface area (Å²) in [5, 5.41) is 17.4. The monoisotopic (exact) mass is 900 g/mol. The van der Waals surface area contributed by atoms with E-state index in [1.165, 1.54) is 16.0 Å². The summed E-state index contributed by atoms with van der Waals surface area (Å²) in [6.45, 7) is 4.95. The molecule has 1 aliphatic carbocycles. The first kappa shape index (κ1) is 46.3. The van der Waals surface area contributed by atoms with Crippen LogP contribution in [0.3, 0.4) is 0 Å². The van der Waals surface area contributed by atoms with Gasteiger partial charge in [-0.3, -0.25) is 28.8 Å². The number of fused-ring (bicyclic) bond motifs is 4. The van der Waals surface area contributed by atoms with Crippen LogP contribution in [0.4, 0.5) is 0 Å². The average molecular weight is 901 g/mol. The van der Waals surface area contributed by atoms with Crippen LogP contribution in [-0.2, 0) is 61.8 Å². The van der Waals surface area contributed by atoms with Crippen molar-refractivity contribution in [3.05, 3.63) is 149 Å². The maximum Gasteiger partial charge on any atom is 0.327 e. The summed E-state index contributed by atoms with van der Waals surface area (Å²) in [6, 6.07) is 31.2. The lowest BCUT2D eigenvalue weighted by Gasteiger charge is -2.48. The van der Waals surface area contributed by atoms with E-state index in [0.29, 0.717) is 16.7 Å². The number of hydrogen-bond acceptors (Lipinski definition) is 12. The Labute approximate surface area is 383 Å². The van der Waals surface area contributed by atoms with Crippen molar-refractivity contribution in [3.63, 3.8) is 0 Å². The van der Waals surface area contributed by atoms with Crippen molar-refractivity contribution >= 4 is 35.7 Å². The Morgan fingerprint density at radius 2 is 1.58 bits per heavy atom. The van der Waals surface area contributed by atoms with Crippen molar-refractivity contribution in [3.8, 4) is 0 Å². The van der Waals surface area contributed by atoms with E-state index < -0.39 is 77.1 Å². The van der Waals surface area contributed by atoms with Crippen molar-refractivity contribution in [2.24, 2.45) is 5.41 Å². The van der Waals surface area contributed by atoms with Crippen LogP contribution in [0.1, 0.15) is 78.2 Å². The zero-order valence-electron chi connectivity index (χ0n) is 37.7. The molecule has 3 saturated heterocycles. The van der Waals surface area contributed by atoms with Gasteiger partial charge in [-0.2, -0.15) is 5.06 Å². The molecule has 0 radical (unpaired) electrons. The molecule has 7 unspecified atom stereocenters. The quantitative estimate of drug-likeness (QED) is 0.110. The zero-order valence-corrected chi connectivity index (χ0v) is 37.7. The molecule has 7 atom stereocenters. The number of nitrogens with one attached hydrogen (secondary N) is 2. The molecule has 8 rings (SSSR count). The van der Waals surface area contributed by atoms with E-state index in [4.69, 9.17) is 23.8 Å². The van der Waals surface area contributed by atoms with Crippen LogP contribution < -0.4 is 10.6 Å². The van der Waals surface area contributed by atoms with Gasteiger partial charge in [0.25, 0.3) is 5.91 Å². The van der Waals surface area contributed by atoms with Crippen LogP contribution in [0.2, 0.25) is 0 Å². The predicted octanol–water partition coefficient (Wildman–Crippen LogP) is 4.80. The van der Waals surface area contributed by atoms with E-state index >= 15 is 4.79 Å². The lowest BCUT2D eigenvalue weighted by Crippen LogP contribution is -2.69. The number of carbonyl (C=O) groups excluding carboxylic acids is 5. The number of nitrogens with zero attached hydrogens (tertiary/aromatic N) is 2. The summed E-state index contributed by atoms with van der Waals surface area (Å²) < 4.78 is 25.7. The summed E-state index contributed by atoms with van der Waals surface area (Å²) in [6.07, 6.45) is -0.215. The summed E-state index contributed by atoms with van der Waals surface area (Å²) in [5.41, 5.74) is 1.55. The fourth-order valence-corrected chi connectivity index (χ4v) is 9.34. The Morgan fingerprint density at radius 1 is 0.909 bits per heavy atom. The molecule has 0 aromatic heterocycles. The molecule has 4 aliphatic rings. The topological polar surface area (TPSA) is 182 Å². The van der Waals surface area contributed by atoms with Gasteiger partial charge in [-0.05, 0) is 62.1 Å². The van der Waals surface area contributed by atoms with Crippen LogP contribution in [0.25, 0.3) is 6.08 Å². The third kappa shape index (κ3) is 9.26. The minimum atomic E-state index is -1.53. The SMILES string of the molecule is CN(C)C(=O)C=Cc1ccccc1CN1OC2C3OC(c4ccccc4)(c4ccccc4)OC3C3CC2(C(=O)NCc2cccc(C(=O)NC(CO)CCC(=O)OC(C)(C)C)c2)C1C(=O)O3. The van der Waals surface area contributed by atoms with Gasteiger partial charge < -0.3 is 39.6 Å². The molecule has 3 amide bonds. The van der Waals surface area contributed by atoms with Crippen LogP contribution in [0.15, 0.2) is 115 Å². The number of carbonyl (C=O) groups is 5. The Balaban J connectivity index is 1.09. The molecular weight excluding hydrogens is 845 g/mol. The highest BCUT2D eigenvalue weighted by Gasteiger charge is 2.76. The molecule has 4 aromatic carbocycles. The van der Waals surface area contributed by atoms with E-state index in [1.807, 2.05) is 84.9 Å². The van der Waals surface area contributed by atoms with Gasteiger partial charge in [0.15, 0.2) is 6.04 Å². The number of amides is 3. The van der Waals surface area contributed by atoms with Crippen molar-refractivity contribution in [2.45, 2.75) is 101 Å². The largest absolute Gasteiger partial charge is 0.460 e. The van der Waals surface area contributed by atoms with Crippen LogP contribution >= 0.6 is 0 Å². The molecule has 3 heterocycles. The summed E-state index contributed by atoms with van der Waals surface area (Å²) in [5.74, 6) is -3.66. The van der Waals surface area contributed by atoms with Crippen LogP contribution in [0.5, 0.6) is 0 Å². The van der Waals surface area contributed by atoms with Gasteiger partial charge in [-0.15, -0.1) is 0 Å². The van der Waals surface area contributed by atoms with Crippen molar-refractivity contribution in [2.75, 3.05) is 20.7 Å². The van der Waals surface area contributed by atoms with Crippen LogP contribution in [-0.4, -0.2) is 108 Å². The molecule has 1 saturated carbocycles. The van der Waals surface area contributed by atoms with E-state index in [1.54, 1.807) is 65.2 Å². The minimum absolute atomic E-state index is 0.00767. The third-order valence-electron chi connectivity index (χ3n) is 12.4. The molecule has 0 spiro atoms. The first-order valence-corrected chi connectivity index (χ1v) is 22.2. The third-order valence-corrected chi connectivity index (χ3v) is 12.4. The summed E-state index contributed by atoms with van der Waals surface area (Å²) in [7, 11) is 3.33. The standard InChI is InChI=1S/C51H56N4O11/c1-49(2,3)63-41(58)26-24-38(31-56)53-46(59)34-18-14-15-32(27-34)29-52-48(61)50-28-39-42-43(65-51(64-42,36-19-8-6-9-20-36)37-21-10-7-11-22-37)45(50)66-55(44(50)47(60)62-39)30-35-17-13-12-16-33(35)23-25-40(57)54(4)5/h6-23,25,27,38-39,42-45,56H,24,26,28-31H2,1-5H3,(H,52,61)(H,53,59). The highest BCUT2D eigenvalue weighted by Crippen LogP contribution is 2.59. The number of hydroxylamine groups is 2. The summed E-state index contributed by atoms with van der Waals surface area (Å²) in [4.78, 5) is 76.3. The van der Waals surface area contributed by atoms with Gasteiger partial charge >= 0.3 is 11.9 Å². The predicted molar refractivity (Wildman–Crippen MR) is 240 cm³/mol. The maximum atomic E-state index is 15.2. The number of esters is 2. The molecule has 66 heavy (non-hydrogen) atoms. The lowest BCUT2D eigenvalue weighted by molar-refractivity contribution is -0.213. The average Bonchev–Trinajstić information content (AvgIpc) is 3.89. The molecule has 4 fully saturated rings. The number of rotatable bonds is 15. The molecule has 15 nitrogen and oxygen atoms in total. The highest BCUT2D eigenvalue weighted by atomic mass is 16.8. The number of benzene rings is 4. The second kappa shape index (κ2) is 18.9. The van der Waals surface area contributed by atoms with Gasteiger partial charge in [0.2, 0.25) is 17.6 Å². The van der Waals surface area contributed by atoms with Crippen LogP contribution in [0, 0.1) is 5.41 Å².